The van der Waals surface area contributed by atoms with Gasteiger partial charge in [0.15, 0.2) is 6.10 Å². The summed E-state index contributed by atoms with van der Waals surface area (Å²) in [6.45, 7) is 12.7. The van der Waals surface area contributed by atoms with E-state index in [0.29, 0.717) is 21.7 Å². The van der Waals surface area contributed by atoms with Crippen LogP contribution in [0.4, 0.5) is 0 Å². The molecule has 0 aromatic heterocycles. The standard InChI is InChI=1S/C29H31ClO3/c1-28(2,3)22-16-21(17-23(18-22)29(4,5)6)27(32)33-26(20-12-14-24(30)15-13-20)25(31)19-10-8-7-9-11-19/h7-18,26H,1-6H3/t26-/m0/s1. The monoisotopic (exact) mass is 462 g/mol. The molecule has 0 bridgehead atoms. The summed E-state index contributed by atoms with van der Waals surface area (Å²) in [7, 11) is 0. The molecule has 0 aliphatic heterocycles. The predicted molar refractivity (Wildman–Crippen MR) is 134 cm³/mol. The summed E-state index contributed by atoms with van der Waals surface area (Å²) in [6.07, 6.45) is -1.08. The number of hydrogen-bond acceptors (Lipinski definition) is 3. The van der Waals surface area contributed by atoms with E-state index in [4.69, 9.17) is 16.3 Å². The lowest BCUT2D eigenvalue weighted by atomic mass is 9.79. The van der Waals surface area contributed by atoms with Crippen LogP contribution in [0.5, 0.6) is 0 Å². The van der Waals surface area contributed by atoms with E-state index in [-0.39, 0.29) is 16.6 Å². The molecule has 0 radical (unpaired) electrons. The van der Waals surface area contributed by atoms with Crippen LogP contribution >= 0.6 is 11.6 Å². The van der Waals surface area contributed by atoms with Gasteiger partial charge in [-0.05, 0) is 46.2 Å². The van der Waals surface area contributed by atoms with Crippen LogP contribution in [-0.2, 0) is 15.6 Å². The second-order valence-corrected chi connectivity index (χ2v) is 10.8. The summed E-state index contributed by atoms with van der Waals surface area (Å²) in [4.78, 5) is 26.7. The van der Waals surface area contributed by atoms with Crippen molar-refractivity contribution in [1.29, 1.82) is 0 Å². The van der Waals surface area contributed by atoms with Crippen molar-refractivity contribution in [3.63, 3.8) is 0 Å². The number of carbonyl (C=O) groups excluding carboxylic acids is 2. The van der Waals surface area contributed by atoms with Crippen molar-refractivity contribution in [2.75, 3.05) is 0 Å². The van der Waals surface area contributed by atoms with Gasteiger partial charge < -0.3 is 4.74 Å². The van der Waals surface area contributed by atoms with Gasteiger partial charge in [0.2, 0.25) is 5.78 Å². The van der Waals surface area contributed by atoms with Crippen LogP contribution in [-0.4, -0.2) is 11.8 Å². The second-order valence-electron chi connectivity index (χ2n) is 10.4. The van der Waals surface area contributed by atoms with Crippen molar-refractivity contribution < 1.29 is 14.3 Å². The predicted octanol–water partition coefficient (Wildman–Crippen LogP) is 7.72. The van der Waals surface area contributed by atoms with Crippen LogP contribution in [0, 0.1) is 0 Å². The summed E-state index contributed by atoms with van der Waals surface area (Å²) in [6, 6.07) is 21.5. The molecule has 3 aromatic rings. The minimum absolute atomic E-state index is 0.147. The van der Waals surface area contributed by atoms with E-state index >= 15 is 0 Å². The quantitative estimate of drug-likeness (QED) is 0.288. The Hall–Kier alpha value is -2.91. The first-order chi connectivity index (χ1) is 15.4. The van der Waals surface area contributed by atoms with E-state index in [0.717, 1.165) is 11.1 Å². The largest absolute Gasteiger partial charge is 0.445 e. The van der Waals surface area contributed by atoms with Crippen LogP contribution in [0.15, 0.2) is 72.8 Å². The maximum absolute atomic E-state index is 13.4. The Bertz CT molecular complexity index is 1100. The number of rotatable bonds is 5. The lowest BCUT2D eigenvalue weighted by Gasteiger charge is -2.26. The summed E-state index contributed by atoms with van der Waals surface area (Å²) < 4.78 is 5.88. The highest BCUT2D eigenvalue weighted by Crippen LogP contribution is 2.32. The number of halogens is 1. The van der Waals surface area contributed by atoms with E-state index in [9.17, 15) is 9.59 Å². The molecule has 1 atom stereocenters. The zero-order valence-electron chi connectivity index (χ0n) is 20.1. The number of carbonyl (C=O) groups is 2. The van der Waals surface area contributed by atoms with Gasteiger partial charge in [0.25, 0.3) is 0 Å². The third-order valence-corrected chi connectivity index (χ3v) is 5.85. The van der Waals surface area contributed by atoms with Crippen LogP contribution < -0.4 is 0 Å². The number of esters is 1. The number of Topliss-reactive ketones (excluding diaryl/α,β-unsaturated/α-hetero) is 1. The Balaban J connectivity index is 2.03. The van der Waals surface area contributed by atoms with Gasteiger partial charge in [0.05, 0.1) is 5.56 Å². The maximum Gasteiger partial charge on any atom is 0.339 e. The van der Waals surface area contributed by atoms with E-state index in [2.05, 4.69) is 47.6 Å². The van der Waals surface area contributed by atoms with Gasteiger partial charge in [0.1, 0.15) is 0 Å². The zero-order valence-corrected chi connectivity index (χ0v) is 20.9. The van der Waals surface area contributed by atoms with Gasteiger partial charge in [0, 0.05) is 16.1 Å². The van der Waals surface area contributed by atoms with E-state index in [1.807, 2.05) is 18.2 Å². The molecule has 3 nitrogen and oxygen atoms in total. The smallest absolute Gasteiger partial charge is 0.339 e. The molecule has 172 valence electrons. The zero-order chi connectivity index (χ0) is 24.4. The molecule has 3 rings (SSSR count). The first kappa shape index (κ1) is 24.7. The number of ether oxygens (including phenoxy) is 1. The van der Waals surface area contributed by atoms with Gasteiger partial charge in [-0.1, -0.05) is 102 Å². The van der Waals surface area contributed by atoms with Gasteiger partial charge in [-0.15, -0.1) is 0 Å². The Morgan fingerprint density at radius 2 is 1.24 bits per heavy atom. The molecule has 33 heavy (non-hydrogen) atoms. The highest BCUT2D eigenvalue weighted by Gasteiger charge is 2.28. The molecule has 0 heterocycles. The third kappa shape index (κ3) is 6.11. The molecule has 0 saturated heterocycles. The van der Waals surface area contributed by atoms with E-state index in [1.165, 1.54) is 0 Å². The highest BCUT2D eigenvalue weighted by molar-refractivity contribution is 6.30. The SMILES string of the molecule is CC(C)(C)c1cc(C(=O)O[C@H](C(=O)c2ccccc2)c2ccc(Cl)cc2)cc(C(C)(C)C)c1. The average Bonchev–Trinajstić information content (AvgIpc) is 2.76. The topological polar surface area (TPSA) is 43.4 Å². The van der Waals surface area contributed by atoms with Crippen molar-refractivity contribution in [3.05, 3.63) is 106 Å². The minimum atomic E-state index is -1.08. The van der Waals surface area contributed by atoms with Crippen LogP contribution in [0.3, 0.4) is 0 Å². The molecule has 0 amide bonds. The van der Waals surface area contributed by atoms with Gasteiger partial charge in [-0.25, -0.2) is 4.79 Å². The third-order valence-electron chi connectivity index (χ3n) is 5.59. The summed E-state index contributed by atoms with van der Waals surface area (Å²) in [5, 5.41) is 0.545. The Morgan fingerprint density at radius 3 is 1.73 bits per heavy atom. The molecule has 0 aliphatic carbocycles. The molecule has 0 saturated carbocycles. The summed E-state index contributed by atoms with van der Waals surface area (Å²) >= 11 is 6.04. The lowest BCUT2D eigenvalue weighted by Crippen LogP contribution is -2.22. The van der Waals surface area contributed by atoms with Crippen molar-refractivity contribution in [2.45, 2.75) is 58.5 Å². The molecule has 0 spiro atoms. The fourth-order valence-electron chi connectivity index (χ4n) is 3.45. The fourth-order valence-corrected chi connectivity index (χ4v) is 3.58. The van der Waals surface area contributed by atoms with Crippen LogP contribution in [0.25, 0.3) is 0 Å². The van der Waals surface area contributed by atoms with Crippen molar-refractivity contribution in [2.24, 2.45) is 0 Å². The molecule has 3 aromatic carbocycles. The maximum atomic E-state index is 13.4. The first-order valence-corrected chi connectivity index (χ1v) is 11.5. The van der Waals surface area contributed by atoms with Crippen molar-refractivity contribution in [1.82, 2.24) is 0 Å². The summed E-state index contributed by atoms with van der Waals surface area (Å²) in [5.41, 5.74) is 3.27. The summed E-state index contributed by atoms with van der Waals surface area (Å²) in [5.74, 6) is -0.815. The van der Waals surface area contributed by atoms with Gasteiger partial charge in [-0.3, -0.25) is 4.79 Å². The minimum Gasteiger partial charge on any atom is -0.445 e. The molecular weight excluding hydrogens is 432 g/mol. The van der Waals surface area contributed by atoms with Crippen molar-refractivity contribution >= 4 is 23.4 Å². The molecule has 4 heteroatoms. The number of benzene rings is 3. The van der Waals surface area contributed by atoms with Crippen LogP contribution in [0.2, 0.25) is 5.02 Å². The van der Waals surface area contributed by atoms with E-state index < -0.39 is 12.1 Å². The molecular formula is C29H31ClO3. The highest BCUT2D eigenvalue weighted by atomic mass is 35.5. The fraction of sp³-hybridized carbons (Fsp3) is 0.310. The Kier molecular flexibility index (Phi) is 7.14. The van der Waals surface area contributed by atoms with Crippen LogP contribution in [0.1, 0.15) is 85.1 Å². The Morgan fingerprint density at radius 1 is 0.727 bits per heavy atom. The second kappa shape index (κ2) is 9.52. The lowest BCUT2D eigenvalue weighted by molar-refractivity contribution is 0.0279. The number of ketones is 1. The molecule has 0 N–H and O–H groups in total. The molecule has 0 fully saturated rings. The van der Waals surface area contributed by atoms with Gasteiger partial charge in [-0.2, -0.15) is 0 Å². The molecule has 0 unspecified atom stereocenters. The average molecular weight is 463 g/mol. The normalized spacial score (nSPS) is 12.8. The Labute approximate surface area is 201 Å². The molecule has 0 aliphatic rings. The van der Waals surface area contributed by atoms with E-state index in [1.54, 1.807) is 48.5 Å². The first-order valence-electron chi connectivity index (χ1n) is 11.1. The van der Waals surface area contributed by atoms with Gasteiger partial charge >= 0.3 is 5.97 Å². The van der Waals surface area contributed by atoms with Crippen molar-refractivity contribution in [3.8, 4) is 0 Å². The number of hydrogen-bond donors (Lipinski definition) is 0.